The van der Waals surface area contributed by atoms with Crippen LogP contribution in [-0.4, -0.2) is 37.1 Å². The van der Waals surface area contributed by atoms with E-state index in [1.54, 1.807) is 17.0 Å². The summed E-state index contributed by atoms with van der Waals surface area (Å²) in [5.74, 6) is -0.834. The van der Waals surface area contributed by atoms with E-state index in [1.165, 1.54) is 33.9 Å². The molecule has 2 aromatic carbocycles. The number of fused-ring (bicyclic) bond motifs is 1. The van der Waals surface area contributed by atoms with Crippen molar-refractivity contribution in [1.29, 1.82) is 0 Å². The standard InChI is InChI=1S/C22H26FN3OS/c1-5-25(6-2)11-12-26(21(27)17-9-7-8-10-18(17)23)22-24-20-16(4)13-15(3)14-19(20)28-22/h7-10,13-14H,5-6,11-12H2,1-4H3/p+1. The minimum Gasteiger partial charge on any atom is -0.334 e. The Morgan fingerprint density at radius 3 is 2.57 bits per heavy atom. The van der Waals surface area contributed by atoms with Crippen molar-refractivity contribution < 1.29 is 14.1 Å². The number of aromatic nitrogens is 1. The lowest BCUT2D eigenvalue weighted by Crippen LogP contribution is -3.12. The van der Waals surface area contributed by atoms with E-state index in [-0.39, 0.29) is 11.5 Å². The molecule has 0 aliphatic rings. The number of anilines is 1. The van der Waals surface area contributed by atoms with Crippen molar-refractivity contribution in [2.24, 2.45) is 0 Å². The SMILES string of the molecule is CC[NH+](CC)CCN(C(=O)c1ccccc1F)c1nc2c(C)cc(C)cc2s1. The van der Waals surface area contributed by atoms with Gasteiger partial charge >= 0.3 is 0 Å². The molecule has 1 N–H and O–H groups in total. The maximum absolute atomic E-state index is 14.3. The first-order chi connectivity index (χ1) is 13.4. The molecule has 0 aliphatic heterocycles. The number of carbonyl (C=O) groups excluding carboxylic acids is 1. The first-order valence-electron chi connectivity index (χ1n) is 9.72. The molecule has 1 aromatic heterocycles. The van der Waals surface area contributed by atoms with Crippen LogP contribution in [0.15, 0.2) is 36.4 Å². The Morgan fingerprint density at radius 2 is 1.89 bits per heavy atom. The van der Waals surface area contributed by atoms with Crippen LogP contribution in [0.25, 0.3) is 10.2 Å². The second-order valence-corrected chi connectivity index (χ2v) is 8.08. The molecule has 0 saturated carbocycles. The van der Waals surface area contributed by atoms with Gasteiger partial charge in [-0.05, 0) is 57.0 Å². The van der Waals surface area contributed by atoms with E-state index < -0.39 is 5.82 Å². The average Bonchev–Trinajstić information content (AvgIpc) is 3.09. The molecule has 1 amide bonds. The van der Waals surface area contributed by atoms with Crippen LogP contribution in [0, 0.1) is 19.7 Å². The third-order valence-electron chi connectivity index (χ3n) is 5.09. The maximum atomic E-state index is 14.3. The van der Waals surface area contributed by atoms with Crippen LogP contribution < -0.4 is 9.80 Å². The number of thiazole rings is 1. The molecule has 0 radical (unpaired) electrons. The largest absolute Gasteiger partial charge is 0.334 e. The molecule has 3 rings (SSSR count). The number of halogens is 1. The van der Waals surface area contributed by atoms with E-state index in [0.29, 0.717) is 11.7 Å². The fraction of sp³-hybridized carbons (Fsp3) is 0.364. The van der Waals surface area contributed by atoms with E-state index in [9.17, 15) is 9.18 Å². The van der Waals surface area contributed by atoms with Gasteiger partial charge < -0.3 is 4.90 Å². The van der Waals surface area contributed by atoms with E-state index >= 15 is 0 Å². The fourth-order valence-electron chi connectivity index (χ4n) is 3.41. The molecule has 0 bridgehead atoms. The molecule has 0 unspecified atom stereocenters. The highest BCUT2D eigenvalue weighted by Crippen LogP contribution is 2.32. The molecular weight excluding hydrogens is 373 g/mol. The highest BCUT2D eigenvalue weighted by atomic mass is 32.1. The molecule has 0 atom stereocenters. The van der Waals surface area contributed by atoms with E-state index in [4.69, 9.17) is 4.98 Å². The second kappa shape index (κ2) is 8.80. The van der Waals surface area contributed by atoms with Gasteiger partial charge in [-0.1, -0.05) is 29.5 Å². The minimum absolute atomic E-state index is 0.0872. The molecule has 28 heavy (non-hydrogen) atoms. The zero-order valence-corrected chi connectivity index (χ0v) is 17.7. The van der Waals surface area contributed by atoms with Crippen molar-refractivity contribution in [3.63, 3.8) is 0 Å². The van der Waals surface area contributed by atoms with Crippen LogP contribution >= 0.6 is 11.3 Å². The predicted octanol–water partition coefficient (Wildman–Crippen LogP) is 3.62. The summed E-state index contributed by atoms with van der Waals surface area (Å²) in [6, 6.07) is 10.3. The Bertz CT molecular complexity index is 981. The van der Waals surface area contributed by atoms with Gasteiger partial charge in [0.1, 0.15) is 5.82 Å². The summed E-state index contributed by atoms with van der Waals surface area (Å²) >= 11 is 1.49. The lowest BCUT2D eigenvalue weighted by molar-refractivity contribution is -0.894. The molecule has 0 saturated heterocycles. The van der Waals surface area contributed by atoms with Crippen LogP contribution in [0.3, 0.4) is 0 Å². The van der Waals surface area contributed by atoms with Crippen LogP contribution in [0.1, 0.15) is 35.3 Å². The van der Waals surface area contributed by atoms with Crippen LogP contribution in [0.4, 0.5) is 9.52 Å². The van der Waals surface area contributed by atoms with E-state index in [1.807, 2.05) is 6.92 Å². The molecule has 0 fully saturated rings. The predicted molar refractivity (Wildman–Crippen MR) is 114 cm³/mol. The molecule has 6 heteroatoms. The quantitative estimate of drug-likeness (QED) is 0.658. The topological polar surface area (TPSA) is 37.6 Å². The van der Waals surface area contributed by atoms with Gasteiger partial charge in [-0.15, -0.1) is 0 Å². The normalized spacial score (nSPS) is 11.4. The summed E-state index contributed by atoms with van der Waals surface area (Å²) in [7, 11) is 0. The lowest BCUT2D eigenvalue weighted by atomic mass is 10.1. The number of nitrogens with zero attached hydrogens (tertiary/aromatic N) is 2. The number of nitrogens with one attached hydrogen (secondary N) is 1. The van der Waals surface area contributed by atoms with Crippen molar-refractivity contribution in [2.45, 2.75) is 27.7 Å². The average molecular weight is 401 g/mol. The molecular formula is C22H27FN3OS+. The Balaban J connectivity index is 2.02. The Labute approximate surface area is 169 Å². The van der Waals surface area contributed by atoms with Crippen molar-refractivity contribution in [3.8, 4) is 0 Å². The lowest BCUT2D eigenvalue weighted by Gasteiger charge is -2.23. The first kappa shape index (κ1) is 20.4. The molecule has 148 valence electrons. The molecule has 0 spiro atoms. The number of rotatable bonds is 7. The summed E-state index contributed by atoms with van der Waals surface area (Å²) in [6.07, 6.45) is 0. The van der Waals surface area contributed by atoms with Crippen molar-refractivity contribution in [1.82, 2.24) is 4.98 Å². The second-order valence-electron chi connectivity index (χ2n) is 7.07. The fourth-order valence-corrected chi connectivity index (χ4v) is 4.58. The van der Waals surface area contributed by atoms with Crippen molar-refractivity contribution >= 4 is 32.6 Å². The number of hydrogen-bond donors (Lipinski definition) is 1. The monoisotopic (exact) mass is 400 g/mol. The highest BCUT2D eigenvalue weighted by molar-refractivity contribution is 7.22. The molecule has 4 nitrogen and oxygen atoms in total. The smallest absolute Gasteiger partial charge is 0.263 e. The van der Waals surface area contributed by atoms with Crippen LogP contribution in [0.5, 0.6) is 0 Å². The van der Waals surface area contributed by atoms with Gasteiger partial charge in [0.05, 0.1) is 42.0 Å². The minimum atomic E-state index is -0.499. The first-order valence-corrected chi connectivity index (χ1v) is 10.5. The number of quaternary nitrogens is 1. The molecule has 0 aliphatic carbocycles. The van der Waals surface area contributed by atoms with E-state index in [2.05, 4.69) is 32.9 Å². The maximum Gasteiger partial charge on any atom is 0.263 e. The summed E-state index contributed by atoms with van der Waals surface area (Å²) in [5.41, 5.74) is 3.25. The summed E-state index contributed by atoms with van der Waals surface area (Å²) in [4.78, 5) is 21.0. The van der Waals surface area contributed by atoms with Gasteiger partial charge in [0.25, 0.3) is 5.91 Å². The molecule has 1 heterocycles. The van der Waals surface area contributed by atoms with E-state index in [0.717, 1.165) is 35.4 Å². The third-order valence-corrected chi connectivity index (χ3v) is 6.11. The van der Waals surface area contributed by atoms with Crippen molar-refractivity contribution in [2.75, 3.05) is 31.1 Å². The Kier molecular flexibility index (Phi) is 6.42. The van der Waals surface area contributed by atoms with Crippen LogP contribution in [-0.2, 0) is 0 Å². The van der Waals surface area contributed by atoms with Gasteiger partial charge in [-0.25, -0.2) is 9.37 Å². The zero-order valence-electron chi connectivity index (χ0n) is 16.9. The van der Waals surface area contributed by atoms with Gasteiger partial charge in [-0.3, -0.25) is 9.69 Å². The number of amides is 1. The van der Waals surface area contributed by atoms with Crippen molar-refractivity contribution in [3.05, 3.63) is 58.9 Å². The summed E-state index contributed by atoms with van der Waals surface area (Å²) in [5, 5.41) is 0.628. The highest BCUT2D eigenvalue weighted by Gasteiger charge is 2.25. The number of benzene rings is 2. The van der Waals surface area contributed by atoms with Crippen LogP contribution in [0.2, 0.25) is 0 Å². The van der Waals surface area contributed by atoms with Gasteiger partial charge in [0, 0.05) is 0 Å². The molecule has 3 aromatic rings. The Morgan fingerprint density at radius 1 is 1.18 bits per heavy atom. The third kappa shape index (κ3) is 4.23. The summed E-state index contributed by atoms with van der Waals surface area (Å²) < 4.78 is 15.3. The number of carbonyl (C=O) groups is 1. The number of hydrogen-bond acceptors (Lipinski definition) is 3. The Hall–Kier alpha value is -2.31. The number of aryl methyl sites for hydroxylation is 2. The van der Waals surface area contributed by atoms with Gasteiger partial charge in [-0.2, -0.15) is 0 Å². The van der Waals surface area contributed by atoms with Gasteiger partial charge in [0.15, 0.2) is 5.13 Å². The van der Waals surface area contributed by atoms with Gasteiger partial charge in [0.2, 0.25) is 0 Å². The zero-order chi connectivity index (χ0) is 20.3. The number of likely N-dealkylation sites (N-methyl/N-ethyl adjacent to an activating group) is 1. The summed E-state index contributed by atoms with van der Waals surface area (Å²) in [6.45, 7) is 11.6.